The minimum atomic E-state index is -0.312. The maximum absolute atomic E-state index is 12.7. The van der Waals surface area contributed by atoms with E-state index in [0.717, 1.165) is 0 Å². The first-order valence-electron chi connectivity index (χ1n) is 8.77. The predicted molar refractivity (Wildman–Crippen MR) is 94.3 cm³/mol. The van der Waals surface area contributed by atoms with Crippen molar-refractivity contribution in [1.29, 1.82) is 0 Å². The van der Waals surface area contributed by atoms with E-state index >= 15 is 0 Å². The SMILES string of the molecule is CC(C)(C)c1ccc(C(=O)N2CCC(N3C(=O)CNC3=O)CC2)cc1. The van der Waals surface area contributed by atoms with Gasteiger partial charge in [-0.1, -0.05) is 32.9 Å². The maximum atomic E-state index is 12.7. The van der Waals surface area contributed by atoms with Crippen molar-refractivity contribution in [1.82, 2.24) is 15.1 Å². The molecule has 6 nitrogen and oxygen atoms in total. The first-order chi connectivity index (χ1) is 11.8. The number of carbonyl (C=O) groups is 3. The Kier molecular flexibility index (Phi) is 4.54. The standard InChI is InChI=1S/C19H25N3O3/c1-19(2,3)14-6-4-13(5-7-14)17(24)21-10-8-15(9-11-21)22-16(23)12-20-18(22)25/h4-7,15H,8-12H2,1-3H3,(H,20,25). The van der Waals surface area contributed by atoms with Gasteiger partial charge < -0.3 is 10.2 Å². The van der Waals surface area contributed by atoms with Crippen molar-refractivity contribution < 1.29 is 14.4 Å². The minimum Gasteiger partial charge on any atom is -0.338 e. The van der Waals surface area contributed by atoms with E-state index in [4.69, 9.17) is 0 Å². The first kappa shape index (κ1) is 17.5. The summed E-state index contributed by atoms with van der Waals surface area (Å²) in [5.74, 6) is -0.163. The molecule has 2 heterocycles. The second-order valence-electron chi connectivity index (χ2n) is 7.77. The quantitative estimate of drug-likeness (QED) is 0.837. The third-order valence-corrected chi connectivity index (χ3v) is 4.99. The Morgan fingerprint density at radius 1 is 1.08 bits per heavy atom. The van der Waals surface area contributed by atoms with Gasteiger partial charge in [-0.3, -0.25) is 14.5 Å². The summed E-state index contributed by atoms with van der Waals surface area (Å²) >= 11 is 0. The van der Waals surface area contributed by atoms with Crippen LogP contribution in [0.4, 0.5) is 4.79 Å². The van der Waals surface area contributed by atoms with Gasteiger partial charge in [0.2, 0.25) is 5.91 Å². The second-order valence-corrected chi connectivity index (χ2v) is 7.77. The second kappa shape index (κ2) is 6.50. The highest BCUT2D eigenvalue weighted by atomic mass is 16.2. The van der Waals surface area contributed by atoms with E-state index in [0.29, 0.717) is 31.5 Å². The lowest BCUT2D eigenvalue weighted by molar-refractivity contribution is -0.127. The highest BCUT2D eigenvalue weighted by molar-refractivity contribution is 6.02. The van der Waals surface area contributed by atoms with E-state index < -0.39 is 0 Å². The fourth-order valence-corrected chi connectivity index (χ4v) is 3.43. The molecule has 134 valence electrons. The molecule has 0 aromatic heterocycles. The molecule has 4 amide bonds. The molecule has 0 aliphatic carbocycles. The number of hydrogen-bond donors (Lipinski definition) is 1. The molecule has 2 aliphatic rings. The summed E-state index contributed by atoms with van der Waals surface area (Å²) in [5.41, 5.74) is 1.94. The summed E-state index contributed by atoms with van der Waals surface area (Å²) in [5, 5.41) is 2.55. The van der Waals surface area contributed by atoms with E-state index in [1.54, 1.807) is 4.90 Å². The first-order valence-corrected chi connectivity index (χ1v) is 8.77. The summed E-state index contributed by atoms with van der Waals surface area (Å²) in [6.45, 7) is 7.63. The number of urea groups is 1. The lowest BCUT2D eigenvalue weighted by atomic mass is 9.86. The molecule has 0 spiro atoms. The lowest BCUT2D eigenvalue weighted by Crippen LogP contribution is -2.49. The van der Waals surface area contributed by atoms with Crippen molar-refractivity contribution in [3.8, 4) is 0 Å². The molecule has 0 atom stereocenters. The zero-order chi connectivity index (χ0) is 18.2. The number of hydrogen-bond acceptors (Lipinski definition) is 3. The van der Waals surface area contributed by atoms with Crippen molar-refractivity contribution in [3.05, 3.63) is 35.4 Å². The Labute approximate surface area is 148 Å². The number of likely N-dealkylation sites (tertiary alicyclic amines) is 1. The summed E-state index contributed by atoms with van der Waals surface area (Å²) in [7, 11) is 0. The van der Waals surface area contributed by atoms with Gasteiger partial charge in [0.05, 0.1) is 6.54 Å². The van der Waals surface area contributed by atoms with Crippen LogP contribution in [0.3, 0.4) is 0 Å². The van der Waals surface area contributed by atoms with E-state index in [1.165, 1.54) is 10.5 Å². The number of carbonyl (C=O) groups excluding carboxylic acids is 3. The van der Waals surface area contributed by atoms with Gasteiger partial charge in [-0.15, -0.1) is 0 Å². The average Bonchev–Trinajstić information content (AvgIpc) is 2.92. The zero-order valence-electron chi connectivity index (χ0n) is 15.0. The van der Waals surface area contributed by atoms with Gasteiger partial charge in [-0.2, -0.15) is 0 Å². The largest absolute Gasteiger partial charge is 0.338 e. The molecule has 0 bridgehead atoms. The monoisotopic (exact) mass is 343 g/mol. The molecule has 0 unspecified atom stereocenters. The van der Waals surface area contributed by atoms with Gasteiger partial charge >= 0.3 is 6.03 Å². The van der Waals surface area contributed by atoms with Crippen molar-refractivity contribution in [2.24, 2.45) is 0 Å². The van der Waals surface area contributed by atoms with Crippen LogP contribution in [-0.2, 0) is 10.2 Å². The Morgan fingerprint density at radius 3 is 2.16 bits per heavy atom. The minimum absolute atomic E-state index is 0.0103. The Balaban J connectivity index is 1.62. The predicted octanol–water partition coefficient (Wildman–Crippen LogP) is 2.14. The van der Waals surface area contributed by atoms with Gasteiger partial charge in [-0.25, -0.2) is 4.79 Å². The Bertz CT molecular complexity index is 667. The van der Waals surface area contributed by atoms with Crippen LogP contribution in [0.5, 0.6) is 0 Å². The van der Waals surface area contributed by atoms with Crippen LogP contribution < -0.4 is 5.32 Å². The molecule has 6 heteroatoms. The van der Waals surface area contributed by atoms with E-state index in [9.17, 15) is 14.4 Å². The van der Waals surface area contributed by atoms with Crippen molar-refractivity contribution in [2.75, 3.05) is 19.6 Å². The van der Waals surface area contributed by atoms with E-state index in [-0.39, 0.29) is 35.8 Å². The van der Waals surface area contributed by atoms with Crippen LogP contribution >= 0.6 is 0 Å². The topological polar surface area (TPSA) is 69.7 Å². The number of amides is 4. The van der Waals surface area contributed by atoms with Gasteiger partial charge in [-0.05, 0) is 36.0 Å². The maximum Gasteiger partial charge on any atom is 0.324 e. The molecule has 1 aromatic carbocycles. The number of piperidine rings is 1. The van der Waals surface area contributed by atoms with Gasteiger partial charge in [0.25, 0.3) is 5.91 Å². The number of nitrogens with one attached hydrogen (secondary N) is 1. The summed E-state index contributed by atoms with van der Waals surface area (Å²) in [4.78, 5) is 39.4. The van der Waals surface area contributed by atoms with Gasteiger partial charge in [0.1, 0.15) is 0 Å². The van der Waals surface area contributed by atoms with E-state index in [2.05, 4.69) is 26.1 Å². The smallest absolute Gasteiger partial charge is 0.324 e. The Hall–Kier alpha value is -2.37. The van der Waals surface area contributed by atoms with Crippen molar-refractivity contribution in [2.45, 2.75) is 45.1 Å². The van der Waals surface area contributed by atoms with Crippen LogP contribution in [0.25, 0.3) is 0 Å². The van der Waals surface area contributed by atoms with Crippen LogP contribution in [0.1, 0.15) is 49.5 Å². The number of imide groups is 1. The highest BCUT2D eigenvalue weighted by Crippen LogP contribution is 2.24. The number of rotatable bonds is 2. The molecule has 2 fully saturated rings. The molecule has 25 heavy (non-hydrogen) atoms. The zero-order valence-corrected chi connectivity index (χ0v) is 15.0. The summed E-state index contributed by atoms with van der Waals surface area (Å²) < 4.78 is 0. The molecule has 1 N–H and O–H groups in total. The fourth-order valence-electron chi connectivity index (χ4n) is 3.43. The molecule has 2 saturated heterocycles. The summed E-state index contributed by atoms with van der Waals surface area (Å²) in [6.07, 6.45) is 1.26. The Morgan fingerprint density at radius 2 is 1.68 bits per heavy atom. The third kappa shape index (κ3) is 3.52. The lowest BCUT2D eigenvalue weighted by Gasteiger charge is -2.35. The normalized spacial score (nSPS) is 19.3. The number of nitrogens with zero attached hydrogens (tertiary/aromatic N) is 2. The van der Waals surface area contributed by atoms with Crippen LogP contribution in [-0.4, -0.2) is 53.3 Å². The molecule has 1 aromatic rings. The molecular formula is C19H25N3O3. The van der Waals surface area contributed by atoms with Gasteiger partial charge in [0.15, 0.2) is 0 Å². The van der Waals surface area contributed by atoms with E-state index in [1.807, 2.05) is 24.3 Å². The van der Waals surface area contributed by atoms with Crippen molar-refractivity contribution >= 4 is 17.8 Å². The number of benzene rings is 1. The molecule has 0 saturated carbocycles. The summed E-state index contributed by atoms with van der Waals surface area (Å²) in [6, 6.07) is 7.36. The molecule has 2 aliphatic heterocycles. The highest BCUT2D eigenvalue weighted by Gasteiger charge is 2.37. The molecule has 0 radical (unpaired) electrons. The fraction of sp³-hybridized carbons (Fsp3) is 0.526. The van der Waals surface area contributed by atoms with Crippen LogP contribution in [0.15, 0.2) is 24.3 Å². The van der Waals surface area contributed by atoms with Crippen LogP contribution in [0, 0.1) is 0 Å². The van der Waals surface area contributed by atoms with Gasteiger partial charge in [0, 0.05) is 24.7 Å². The van der Waals surface area contributed by atoms with Crippen molar-refractivity contribution in [3.63, 3.8) is 0 Å². The molecule has 3 rings (SSSR count). The van der Waals surface area contributed by atoms with Crippen LogP contribution in [0.2, 0.25) is 0 Å². The average molecular weight is 343 g/mol. The molecular weight excluding hydrogens is 318 g/mol. The third-order valence-electron chi connectivity index (χ3n) is 4.99.